The van der Waals surface area contributed by atoms with Crippen LogP contribution in [-0.2, 0) is 4.74 Å². The molecule has 0 aliphatic carbocycles. The van der Waals surface area contributed by atoms with E-state index in [-0.39, 0.29) is 11.1 Å². The lowest BCUT2D eigenvalue weighted by atomic mass is 10.2. The summed E-state index contributed by atoms with van der Waals surface area (Å²) in [5.41, 5.74) is 1.76. The minimum atomic E-state index is -0.532. The van der Waals surface area contributed by atoms with Crippen LogP contribution < -0.4 is 5.56 Å². The molecule has 4 aromatic rings. The van der Waals surface area contributed by atoms with Crippen LogP contribution in [-0.4, -0.2) is 32.2 Å². The Morgan fingerprint density at radius 2 is 2.00 bits per heavy atom. The van der Waals surface area contributed by atoms with E-state index in [2.05, 4.69) is 10.1 Å². The number of methoxy groups -OCH3 is 1. The van der Waals surface area contributed by atoms with Gasteiger partial charge < -0.3 is 4.74 Å². The molecule has 27 heavy (non-hydrogen) atoms. The number of nitrogens with zero attached hydrogens (tertiary/aromatic N) is 4. The number of ether oxygens (including phenoxy) is 1. The molecule has 0 aliphatic heterocycles. The van der Waals surface area contributed by atoms with Crippen molar-refractivity contribution in [3.05, 3.63) is 68.3 Å². The molecule has 136 valence electrons. The first-order chi connectivity index (χ1) is 12.9. The van der Waals surface area contributed by atoms with Gasteiger partial charge in [-0.25, -0.2) is 14.3 Å². The summed E-state index contributed by atoms with van der Waals surface area (Å²) in [5, 5.41) is 5.50. The molecule has 0 unspecified atom stereocenters. The zero-order chi connectivity index (χ0) is 19.3. The van der Waals surface area contributed by atoms with Crippen molar-refractivity contribution in [2.75, 3.05) is 7.11 Å². The van der Waals surface area contributed by atoms with Gasteiger partial charge in [-0.15, -0.1) is 0 Å². The lowest BCUT2D eigenvalue weighted by molar-refractivity contribution is 0.0602. The fraction of sp³-hybridized carbons (Fsp3) is 0.111. The van der Waals surface area contributed by atoms with Gasteiger partial charge in [0.05, 0.1) is 34.4 Å². The minimum absolute atomic E-state index is 0.268. The summed E-state index contributed by atoms with van der Waals surface area (Å²) in [4.78, 5) is 29.3. The molecule has 3 aromatic heterocycles. The average molecular weight is 403 g/mol. The van der Waals surface area contributed by atoms with Gasteiger partial charge in [-0.1, -0.05) is 23.2 Å². The van der Waals surface area contributed by atoms with Gasteiger partial charge in [-0.05, 0) is 31.2 Å². The molecule has 0 atom stereocenters. The predicted octanol–water partition coefficient (Wildman–Crippen LogP) is 3.44. The van der Waals surface area contributed by atoms with E-state index >= 15 is 0 Å². The number of benzene rings is 1. The van der Waals surface area contributed by atoms with Crippen LogP contribution in [0.1, 0.15) is 16.1 Å². The molecule has 0 radical (unpaired) electrons. The van der Waals surface area contributed by atoms with Crippen LogP contribution >= 0.6 is 23.2 Å². The molecular formula is C18H12Cl2N4O3. The van der Waals surface area contributed by atoms with Crippen molar-refractivity contribution < 1.29 is 9.53 Å². The van der Waals surface area contributed by atoms with Crippen LogP contribution in [0.4, 0.5) is 0 Å². The normalized spacial score (nSPS) is 11.3. The van der Waals surface area contributed by atoms with Crippen molar-refractivity contribution in [3.63, 3.8) is 0 Å². The molecule has 4 rings (SSSR count). The van der Waals surface area contributed by atoms with Gasteiger partial charge in [0.1, 0.15) is 5.56 Å². The van der Waals surface area contributed by atoms with Gasteiger partial charge in [0, 0.05) is 17.4 Å². The SMILES string of the molecule is COC(=O)c1c(C)nn2c1ncc1c(=O)n(-c3ccc(Cl)cc3Cl)ccc12. The van der Waals surface area contributed by atoms with Crippen LogP contribution in [0, 0.1) is 6.92 Å². The fourth-order valence-corrected chi connectivity index (χ4v) is 3.48. The molecule has 0 amide bonds. The smallest absolute Gasteiger partial charge is 0.343 e. The highest BCUT2D eigenvalue weighted by Crippen LogP contribution is 2.24. The lowest BCUT2D eigenvalue weighted by Crippen LogP contribution is -2.19. The molecule has 3 heterocycles. The van der Waals surface area contributed by atoms with Crippen molar-refractivity contribution in [1.29, 1.82) is 0 Å². The Labute approximate surface area is 162 Å². The third kappa shape index (κ3) is 2.67. The highest BCUT2D eigenvalue weighted by molar-refractivity contribution is 6.35. The number of carbonyl (C=O) groups excluding carboxylic acids is 1. The number of pyridine rings is 1. The molecule has 0 fully saturated rings. The standard InChI is InChI=1S/C18H12Cl2N4O3/c1-9-15(18(26)27-2)16-21-8-11-13(24(16)22-9)5-6-23(17(11)25)14-4-3-10(19)7-12(14)20/h3-8H,1-2H3. The maximum atomic E-state index is 13.0. The summed E-state index contributed by atoms with van der Waals surface area (Å²) in [7, 11) is 1.29. The van der Waals surface area contributed by atoms with E-state index < -0.39 is 5.97 Å². The summed E-state index contributed by atoms with van der Waals surface area (Å²) < 4.78 is 7.67. The molecule has 0 aliphatic rings. The number of fused-ring (bicyclic) bond motifs is 3. The summed E-state index contributed by atoms with van der Waals surface area (Å²) in [6, 6.07) is 6.59. The van der Waals surface area contributed by atoms with Crippen molar-refractivity contribution in [2.45, 2.75) is 6.92 Å². The van der Waals surface area contributed by atoms with Gasteiger partial charge in [0.25, 0.3) is 5.56 Å². The van der Waals surface area contributed by atoms with Crippen LogP contribution in [0.15, 0.2) is 41.5 Å². The first-order valence-corrected chi connectivity index (χ1v) is 8.61. The van der Waals surface area contributed by atoms with E-state index in [0.717, 1.165) is 0 Å². The molecular weight excluding hydrogens is 391 g/mol. The molecule has 0 N–H and O–H groups in total. The van der Waals surface area contributed by atoms with Crippen LogP contribution in [0.5, 0.6) is 0 Å². The summed E-state index contributed by atoms with van der Waals surface area (Å²) in [6.07, 6.45) is 3.01. The summed E-state index contributed by atoms with van der Waals surface area (Å²) >= 11 is 12.2. The van der Waals surface area contributed by atoms with Crippen molar-refractivity contribution >= 4 is 45.7 Å². The van der Waals surface area contributed by atoms with Gasteiger partial charge in [-0.3, -0.25) is 9.36 Å². The van der Waals surface area contributed by atoms with Gasteiger partial charge in [-0.2, -0.15) is 5.10 Å². The Kier molecular flexibility index (Phi) is 4.13. The Morgan fingerprint density at radius 3 is 2.70 bits per heavy atom. The molecule has 0 spiro atoms. The number of hydrogen-bond donors (Lipinski definition) is 0. The Bertz CT molecular complexity index is 1290. The van der Waals surface area contributed by atoms with E-state index in [4.69, 9.17) is 27.9 Å². The van der Waals surface area contributed by atoms with E-state index in [1.165, 1.54) is 22.4 Å². The first-order valence-electron chi connectivity index (χ1n) is 7.86. The first kappa shape index (κ1) is 17.5. The quantitative estimate of drug-likeness (QED) is 0.479. The topological polar surface area (TPSA) is 78.5 Å². The average Bonchev–Trinajstić information content (AvgIpc) is 2.98. The summed E-state index contributed by atoms with van der Waals surface area (Å²) in [5.74, 6) is -0.532. The Morgan fingerprint density at radius 1 is 1.22 bits per heavy atom. The number of aromatic nitrogens is 4. The van der Waals surface area contributed by atoms with Crippen molar-refractivity contribution in [3.8, 4) is 5.69 Å². The highest BCUT2D eigenvalue weighted by Gasteiger charge is 2.21. The minimum Gasteiger partial charge on any atom is -0.465 e. The number of halogens is 2. The Hall–Kier alpha value is -2.90. The van der Waals surface area contributed by atoms with E-state index in [1.807, 2.05) is 0 Å². The predicted molar refractivity (Wildman–Crippen MR) is 102 cm³/mol. The number of esters is 1. The third-order valence-electron chi connectivity index (χ3n) is 4.25. The molecule has 0 bridgehead atoms. The second kappa shape index (κ2) is 6.37. The van der Waals surface area contributed by atoms with Crippen LogP contribution in [0.2, 0.25) is 10.0 Å². The zero-order valence-electron chi connectivity index (χ0n) is 14.2. The molecule has 0 saturated heterocycles. The van der Waals surface area contributed by atoms with Gasteiger partial charge in [0.2, 0.25) is 0 Å². The lowest BCUT2D eigenvalue weighted by Gasteiger charge is -2.10. The summed E-state index contributed by atoms with van der Waals surface area (Å²) in [6.45, 7) is 1.68. The monoisotopic (exact) mass is 402 g/mol. The third-order valence-corrected chi connectivity index (χ3v) is 4.78. The molecule has 7 nitrogen and oxygen atoms in total. The number of hydrogen-bond acceptors (Lipinski definition) is 5. The highest BCUT2D eigenvalue weighted by atomic mass is 35.5. The molecule has 0 saturated carbocycles. The van der Waals surface area contributed by atoms with E-state index in [9.17, 15) is 9.59 Å². The number of rotatable bonds is 2. The van der Waals surface area contributed by atoms with Gasteiger partial charge >= 0.3 is 5.97 Å². The maximum Gasteiger partial charge on any atom is 0.343 e. The van der Waals surface area contributed by atoms with E-state index in [0.29, 0.717) is 38.0 Å². The second-order valence-electron chi connectivity index (χ2n) is 5.83. The van der Waals surface area contributed by atoms with E-state index in [1.54, 1.807) is 37.4 Å². The molecule has 9 heteroatoms. The fourth-order valence-electron chi connectivity index (χ4n) is 2.98. The number of aryl methyl sites for hydroxylation is 1. The molecule has 1 aromatic carbocycles. The van der Waals surface area contributed by atoms with Crippen molar-refractivity contribution in [2.24, 2.45) is 0 Å². The van der Waals surface area contributed by atoms with Crippen LogP contribution in [0.3, 0.4) is 0 Å². The zero-order valence-corrected chi connectivity index (χ0v) is 15.7. The Balaban J connectivity index is 2.01. The van der Waals surface area contributed by atoms with Gasteiger partial charge in [0.15, 0.2) is 5.65 Å². The maximum absolute atomic E-state index is 13.0. The number of carbonyl (C=O) groups is 1. The van der Waals surface area contributed by atoms with Crippen molar-refractivity contribution in [1.82, 2.24) is 19.2 Å². The largest absolute Gasteiger partial charge is 0.465 e. The second-order valence-corrected chi connectivity index (χ2v) is 6.67. The van der Waals surface area contributed by atoms with Crippen LogP contribution in [0.25, 0.3) is 22.2 Å².